The van der Waals surface area contributed by atoms with E-state index in [2.05, 4.69) is 83.8 Å². The van der Waals surface area contributed by atoms with Crippen molar-refractivity contribution in [3.05, 3.63) is 119 Å². The van der Waals surface area contributed by atoms with Gasteiger partial charge in [-0.3, -0.25) is 4.79 Å². The lowest BCUT2D eigenvalue weighted by Gasteiger charge is -2.15. The topological polar surface area (TPSA) is 56.6 Å². The quantitative estimate of drug-likeness (QED) is 0.278. The van der Waals surface area contributed by atoms with Crippen LogP contribution in [0.25, 0.3) is 65.5 Å². The molecular formula is C32H18N2O. The van der Waals surface area contributed by atoms with Crippen molar-refractivity contribution in [3.63, 3.8) is 0 Å². The first-order valence-corrected chi connectivity index (χ1v) is 11.5. The Morgan fingerprint density at radius 3 is 2.06 bits per heavy atom. The number of fused-ring (bicyclic) bond motifs is 1. The molecule has 162 valence electrons. The van der Waals surface area contributed by atoms with Crippen LogP contribution in [0.3, 0.4) is 0 Å². The molecule has 7 aromatic rings. The van der Waals surface area contributed by atoms with E-state index in [1.807, 2.05) is 30.3 Å². The third kappa shape index (κ3) is 2.87. The molecule has 1 N–H and O–H groups in total. The molecule has 0 fully saturated rings. The molecule has 0 saturated heterocycles. The predicted molar refractivity (Wildman–Crippen MR) is 144 cm³/mol. The van der Waals surface area contributed by atoms with E-state index in [4.69, 9.17) is 0 Å². The second-order valence-electron chi connectivity index (χ2n) is 8.94. The van der Waals surface area contributed by atoms with Gasteiger partial charge in [0.25, 0.3) is 5.56 Å². The first-order chi connectivity index (χ1) is 17.2. The lowest BCUT2D eigenvalue weighted by molar-refractivity contribution is 1.22. The van der Waals surface area contributed by atoms with E-state index in [0.717, 1.165) is 38.1 Å². The third-order valence-corrected chi connectivity index (χ3v) is 7.02. The van der Waals surface area contributed by atoms with Crippen LogP contribution in [0.15, 0.2) is 108 Å². The van der Waals surface area contributed by atoms with Gasteiger partial charge < -0.3 is 4.98 Å². The zero-order valence-corrected chi connectivity index (χ0v) is 18.7. The fourth-order valence-corrected chi connectivity index (χ4v) is 5.37. The number of aromatic nitrogens is 1. The standard InChI is InChI=1S/C32H18N2O/c33-18-28-27(17-29(34-32(28)35)24-11-8-19-4-1-2-5-23(19)16-24)25-14-12-22-10-9-20-6-3-7-21-13-15-26(25)31(22)30(20)21/h1-17H,(H,34,35). The number of nitrogens with one attached hydrogen (secondary N) is 1. The van der Waals surface area contributed by atoms with E-state index < -0.39 is 0 Å². The minimum atomic E-state index is -0.376. The number of hydrogen-bond acceptors (Lipinski definition) is 2. The number of hydrogen-bond donors (Lipinski definition) is 1. The van der Waals surface area contributed by atoms with Gasteiger partial charge in [-0.25, -0.2) is 0 Å². The molecule has 35 heavy (non-hydrogen) atoms. The average molecular weight is 447 g/mol. The van der Waals surface area contributed by atoms with Crippen molar-refractivity contribution in [2.75, 3.05) is 0 Å². The van der Waals surface area contributed by atoms with Crippen LogP contribution in [0, 0.1) is 11.3 Å². The largest absolute Gasteiger partial charge is 0.321 e. The summed E-state index contributed by atoms with van der Waals surface area (Å²) in [5.41, 5.74) is 2.89. The lowest BCUT2D eigenvalue weighted by atomic mass is 9.88. The van der Waals surface area contributed by atoms with Gasteiger partial charge in [-0.05, 0) is 66.3 Å². The lowest BCUT2D eigenvalue weighted by Crippen LogP contribution is -2.12. The third-order valence-electron chi connectivity index (χ3n) is 7.02. The average Bonchev–Trinajstić information content (AvgIpc) is 2.91. The molecule has 0 spiro atoms. The van der Waals surface area contributed by atoms with Crippen molar-refractivity contribution < 1.29 is 0 Å². The summed E-state index contributed by atoms with van der Waals surface area (Å²) >= 11 is 0. The van der Waals surface area contributed by atoms with Crippen molar-refractivity contribution >= 4 is 43.1 Å². The Labute approximate surface area is 200 Å². The fraction of sp³-hybridized carbons (Fsp3) is 0. The number of H-pyrrole nitrogens is 1. The van der Waals surface area contributed by atoms with Crippen LogP contribution in [-0.4, -0.2) is 4.98 Å². The highest BCUT2D eigenvalue weighted by atomic mass is 16.1. The highest BCUT2D eigenvalue weighted by Gasteiger charge is 2.17. The Bertz CT molecular complexity index is 2030. The molecule has 3 nitrogen and oxygen atoms in total. The van der Waals surface area contributed by atoms with Crippen LogP contribution in [0.4, 0.5) is 0 Å². The molecular weight excluding hydrogens is 428 g/mol. The Kier molecular flexibility index (Phi) is 4.06. The Morgan fingerprint density at radius 1 is 0.600 bits per heavy atom. The normalized spacial score (nSPS) is 11.5. The molecule has 0 radical (unpaired) electrons. The molecule has 0 unspecified atom stereocenters. The van der Waals surface area contributed by atoms with Crippen molar-refractivity contribution in [2.24, 2.45) is 0 Å². The summed E-state index contributed by atoms with van der Waals surface area (Å²) in [4.78, 5) is 16.0. The van der Waals surface area contributed by atoms with Gasteiger partial charge >= 0.3 is 0 Å². The van der Waals surface area contributed by atoms with E-state index in [0.29, 0.717) is 11.3 Å². The van der Waals surface area contributed by atoms with Crippen molar-refractivity contribution in [2.45, 2.75) is 0 Å². The molecule has 1 heterocycles. The molecule has 0 atom stereocenters. The van der Waals surface area contributed by atoms with Crippen LogP contribution in [0.1, 0.15) is 5.56 Å². The molecule has 0 bridgehead atoms. The zero-order valence-electron chi connectivity index (χ0n) is 18.7. The van der Waals surface area contributed by atoms with Crippen LogP contribution in [0.5, 0.6) is 0 Å². The van der Waals surface area contributed by atoms with Gasteiger partial charge in [0.2, 0.25) is 0 Å². The predicted octanol–water partition coefficient (Wildman–Crippen LogP) is 7.63. The number of nitrogens with zero attached hydrogens (tertiary/aromatic N) is 1. The summed E-state index contributed by atoms with van der Waals surface area (Å²) < 4.78 is 0. The monoisotopic (exact) mass is 446 g/mol. The second-order valence-corrected chi connectivity index (χ2v) is 8.94. The first-order valence-electron chi connectivity index (χ1n) is 11.5. The Morgan fingerprint density at radius 2 is 1.26 bits per heavy atom. The Hall–Kier alpha value is -4.94. The number of pyridine rings is 1. The first kappa shape index (κ1) is 19.5. The second kappa shape index (κ2) is 7.28. The molecule has 0 saturated carbocycles. The minimum absolute atomic E-state index is 0.129. The molecule has 1 aromatic heterocycles. The maximum absolute atomic E-state index is 13.1. The van der Waals surface area contributed by atoms with Gasteiger partial charge in [0, 0.05) is 11.3 Å². The highest BCUT2D eigenvalue weighted by molar-refractivity contribution is 6.25. The number of benzene rings is 6. The molecule has 0 aliphatic rings. The van der Waals surface area contributed by atoms with Gasteiger partial charge in [0.15, 0.2) is 0 Å². The van der Waals surface area contributed by atoms with Crippen molar-refractivity contribution in [3.8, 4) is 28.5 Å². The van der Waals surface area contributed by atoms with Gasteiger partial charge in [-0.15, -0.1) is 0 Å². The number of aromatic amines is 1. The van der Waals surface area contributed by atoms with Gasteiger partial charge in [-0.1, -0.05) is 91.0 Å². The summed E-state index contributed by atoms with van der Waals surface area (Å²) in [6.45, 7) is 0. The maximum Gasteiger partial charge on any atom is 0.266 e. The van der Waals surface area contributed by atoms with Crippen LogP contribution in [-0.2, 0) is 0 Å². The van der Waals surface area contributed by atoms with Gasteiger partial charge in [0.05, 0.1) is 0 Å². The number of rotatable bonds is 2. The maximum atomic E-state index is 13.1. The summed E-state index contributed by atoms with van der Waals surface area (Å²) in [7, 11) is 0. The smallest absolute Gasteiger partial charge is 0.266 e. The fourth-order valence-electron chi connectivity index (χ4n) is 5.37. The summed E-state index contributed by atoms with van der Waals surface area (Å²) in [6, 6.07) is 37.3. The minimum Gasteiger partial charge on any atom is -0.321 e. The molecule has 7 rings (SSSR count). The summed E-state index contributed by atoms with van der Waals surface area (Å²) in [5.74, 6) is 0. The molecule has 3 heteroatoms. The zero-order chi connectivity index (χ0) is 23.5. The van der Waals surface area contributed by atoms with E-state index in [1.54, 1.807) is 0 Å². The molecule has 6 aromatic carbocycles. The van der Waals surface area contributed by atoms with Gasteiger partial charge in [0.1, 0.15) is 11.6 Å². The van der Waals surface area contributed by atoms with E-state index in [9.17, 15) is 10.1 Å². The Balaban J connectivity index is 1.54. The van der Waals surface area contributed by atoms with Crippen LogP contribution in [0.2, 0.25) is 0 Å². The summed E-state index contributed by atoms with van der Waals surface area (Å²) in [5, 5.41) is 19.1. The van der Waals surface area contributed by atoms with E-state index in [-0.39, 0.29) is 11.1 Å². The SMILES string of the molecule is N#Cc1c(-c2ccc3ccc4cccc5ccc2c3c45)cc(-c2ccc3ccccc3c2)[nH]c1=O. The van der Waals surface area contributed by atoms with Crippen LogP contribution >= 0.6 is 0 Å². The number of nitriles is 1. The molecule has 0 aliphatic carbocycles. The summed E-state index contributed by atoms with van der Waals surface area (Å²) in [6.07, 6.45) is 0. The van der Waals surface area contributed by atoms with E-state index in [1.165, 1.54) is 16.2 Å². The molecule has 0 aliphatic heterocycles. The highest BCUT2D eigenvalue weighted by Crippen LogP contribution is 2.40. The van der Waals surface area contributed by atoms with Crippen molar-refractivity contribution in [1.82, 2.24) is 4.98 Å². The van der Waals surface area contributed by atoms with Crippen LogP contribution < -0.4 is 5.56 Å². The van der Waals surface area contributed by atoms with Gasteiger partial charge in [-0.2, -0.15) is 5.26 Å². The molecule has 0 amide bonds. The van der Waals surface area contributed by atoms with Crippen molar-refractivity contribution in [1.29, 1.82) is 5.26 Å². The van der Waals surface area contributed by atoms with E-state index >= 15 is 0 Å².